The van der Waals surface area contributed by atoms with Crippen LogP contribution in [-0.4, -0.2) is 59.4 Å². The number of hydrogen-bond donors (Lipinski definition) is 1. The van der Waals surface area contributed by atoms with Crippen LogP contribution in [0.2, 0.25) is 0 Å². The second-order valence-corrected chi connectivity index (χ2v) is 9.98. The Morgan fingerprint density at radius 2 is 1.84 bits per heavy atom. The van der Waals surface area contributed by atoms with Gasteiger partial charge in [-0.3, -0.25) is 9.59 Å². The summed E-state index contributed by atoms with van der Waals surface area (Å²) in [6, 6.07) is 15.8. The minimum atomic E-state index is -1.06. The Morgan fingerprint density at radius 3 is 2.66 bits per heavy atom. The summed E-state index contributed by atoms with van der Waals surface area (Å²) >= 11 is 0. The molecule has 3 aliphatic rings. The third-order valence-corrected chi connectivity index (χ3v) is 7.79. The van der Waals surface area contributed by atoms with Crippen molar-refractivity contribution in [2.45, 2.75) is 25.3 Å². The highest BCUT2D eigenvalue weighted by Crippen LogP contribution is 2.46. The summed E-state index contributed by atoms with van der Waals surface area (Å²) in [5.41, 5.74) is 5.72. The lowest BCUT2D eigenvalue weighted by Gasteiger charge is -2.35. The molecule has 1 aliphatic heterocycles. The van der Waals surface area contributed by atoms with Crippen LogP contribution in [0.25, 0.3) is 16.3 Å². The van der Waals surface area contributed by atoms with Crippen LogP contribution >= 0.6 is 0 Å². The number of carboxylic acids is 1. The van der Waals surface area contributed by atoms with Gasteiger partial charge in [0, 0.05) is 49.4 Å². The van der Waals surface area contributed by atoms with E-state index < -0.39 is 5.97 Å². The number of carboxylic acid groups (broad SMARTS) is 1. The molecule has 1 atom stereocenters. The first kappa shape index (κ1) is 24.0. The number of anilines is 1. The molecule has 1 fully saturated rings. The number of hydrogen-bond acceptors (Lipinski definition) is 5. The molecule has 194 valence electrons. The average molecular weight is 512 g/mol. The lowest BCUT2D eigenvalue weighted by molar-refractivity contribution is -0.137. The lowest BCUT2D eigenvalue weighted by atomic mass is 9.93. The number of aliphatic carboxylic acids is 1. The van der Waals surface area contributed by atoms with E-state index in [4.69, 9.17) is 9.84 Å². The number of carbonyl (C=O) groups is 2. The standard InChI is InChI=1S/C30H29N3O5/c34-28(35)18-33-12-11-20-9-10-21(17-26(20)29(33)36)31-13-15-32(16-14-31)30(37)38-19-27-24-7-3-1-5-22(24)23-6-2-4-8-25(23)27/h1,3-5,7-12,17,27H,2,6,13-16,18-19H2,(H,34,35). The smallest absolute Gasteiger partial charge is 0.409 e. The van der Waals surface area contributed by atoms with Gasteiger partial charge < -0.3 is 24.2 Å². The number of nitrogens with zero attached hydrogens (tertiary/aromatic N) is 3. The predicted molar refractivity (Wildman–Crippen MR) is 145 cm³/mol. The number of ether oxygens (including phenoxy) is 1. The Hall–Kier alpha value is -4.33. The first-order valence-electron chi connectivity index (χ1n) is 13.0. The largest absolute Gasteiger partial charge is 0.480 e. The minimum absolute atomic E-state index is 0.0748. The number of benzene rings is 2. The van der Waals surface area contributed by atoms with E-state index in [9.17, 15) is 14.4 Å². The first-order chi connectivity index (χ1) is 18.5. The number of allylic oxidation sites excluding steroid dienone is 3. The van der Waals surface area contributed by atoms with Gasteiger partial charge in [-0.2, -0.15) is 0 Å². The normalized spacial score (nSPS) is 18.5. The van der Waals surface area contributed by atoms with Crippen LogP contribution in [0.1, 0.15) is 29.9 Å². The highest BCUT2D eigenvalue weighted by atomic mass is 16.6. The van der Waals surface area contributed by atoms with E-state index in [-0.39, 0.29) is 24.1 Å². The number of carbonyl (C=O) groups excluding carboxylic acids is 1. The molecule has 2 heterocycles. The van der Waals surface area contributed by atoms with Crippen molar-refractivity contribution >= 4 is 34.1 Å². The minimum Gasteiger partial charge on any atom is -0.480 e. The topological polar surface area (TPSA) is 92.1 Å². The summed E-state index contributed by atoms with van der Waals surface area (Å²) in [5, 5.41) is 10.3. The molecule has 2 aliphatic carbocycles. The van der Waals surface area contributed by atoms with Gasteiger partial charge in [-0.25, -0.2) is 4.79 Å². The fourth-order valence-electron chi connectivity index (χ4n) is 5.85. The maximum absolute atomic E-state index is 13.0. The van der Waals surface area contributed by atoms with Crippen molar-refractivity contribution in [3.8, 4) is 0 Å². The van der Waals surface area contributed by atoms with Gasteiger partial charge in [0.25, 0.3) is 5.56 Å². The number of amides is 1. The molecule has 2 aromatic carbocycles. The Bertz CT molecular complexity index is 1540. The van der Waals surface area contributed by atoms with Crippen molar-refractivity contribution in [3.05, 3.63) is 93.9 Å². The number of pyridine rings is 1. The molecule has 8 heteroatoms. The predicted octanol–water partition coefficient (Wildman–Crippen LogP) is 4.25. The van der Waals surface area contributed by atoms with E-state index >= 15 is 0 Å². The van der Waals surface area contributed by atoms with E-state index in [1.807, 2.05) is 24.3 Å². The molecular weight excluding hydrogens is 482 g/mol. The molecule has 1 N–H and O–H groups in total. The zero-order valence-electron chi connectivity index (χ0n) is 21.0. The molecule has 0 radical (unpaired) electrons. The quantitative estimate of drug-likeness (QED) is 0.551. The summed E-state index contributed by atoms with van der Waals surface area (Å²) in [7, 11) is 0. The molecule has 38 heavy (non-hydrogen) atoms. The van der Waals surface area contributed by atoms with E-state index in [1.54, 1.807) is 11.0 Å². The monoisotopic (exact) mass is 511 g/mol. The van der Waals surface area contributed by atoms with Gasteiger partial charge in [-0.05, 0) is 58.7 Å². The van der Waals surface area contributed by atoms with Crippen LogP contribution in [-0.2, 0) is 16.1 Å². The zero-order valence-corrected chi connectivity index (χ0v) is 21.0. The van der Waals surface area contributed by atoms with Crippen LogP contribution in [0.5, 0.6) is 0 Å². The average Bonchev–Trinajstić information content (AvgIpc) is 3.27. The Kier molecular flexibility index (Phi) is 6.23. The third kappa shape index (κ3) is 4.36. The Balaban J connectivity index is 1.10. The number of fused-ring (bicyclic) bond motifs is 3. The molecule has 0 spiro atoms. The van der Waals surface area contributed by atoms with E-state index in [2.05, 4.69) is 35.3 Å². The SMILES string of the molecule is O=C(O)Cn1ccc2ccc(N3CCN(C(=O)OCC4C5=C(CCC=C5)c5ccccc54)CC3)cc2c1=O. The van der Waals surface area contributed by atoms with Gasteiger partial charge in [0.2, 0.25) is 0 Å². The second-order valence-electron chi connectivity index (χ2n) is 9.98. The molecule has 8 nitrogen and oxygen atoms in total. The molecule has 1 amide bonds. The maximum Gasteiger partial charge on any atom is 0.409 e. The van der Waals surface area contributed by atoms with Gasteiger partial charge in [0.05, 0.1) is 0 Å². The van der Waals surface area contributed by atoms with Crippen LogP contribution < -0.4 is 10.5 Å². The van der Waals surface area contributed by atoms with Gasteiger partial charge in [-0.1, -0.05) is 42.5 Å². The zero-order chi connectivity index (χ0) is 26.2. The molecule has 3 aromatic rings. The van der Waals surface area contributed by atoms with Crippen molar-refractivity contribution in [1.29, 1.82) is 0 Å². The Morgan fingerprint density at radius 1 is 1.03 bits per heavy atom. The molecule has 0 saturated carbocycles. The van der Waals surface area contributed by atoms with Crippen molar-refractivity contribution in [2.24, 2.45) is 0 Å². The second kappa shape index (κ2) is 9.85. The summed E-state index contributed by atoms with van der Waals surface area (Å²) < 4.78 is 7.04. The summed E-state index contributed by atoms with van der Waals surface area (Å²) in [6.45, 7) is 2.21. The van der Waals surface area contributed by atoms with Crippen LogP contribution in [0.4, 0.5) is 10.5 Å². The molecule has 1 unspecified atom stereocenters. The van der Waals surface area contributed by atoms with Crippen molar-refractivity contribution < 1.29 is 19.4 Å². The van der Waals surface area contributed by atoms with Gasteiger partial charge in [0.15, 0.2) is 0 Å². The highest BCUT2D eigenvalue weighted by Gasteiger charge is 2.32. The fraction of sp³-hybridized carbons (Fsp3) is 0.300. The van der Waals surface area contributed by atoms with Crippen molar-refractivity contribution in [1.82, 2.24) is 9.47 Å². The fourth-order valence-corrected chi connectivity index (χ4v) is 5.85. The van der Waals surface area contributed by atoms with Gasteiger partial charge >= 0.3 is 12.1 Å². The third-order valence-electron chi connectivity index (χ3n) is 7.79. The number of piperazine rings is 1. The van der Waals surface area contributed by atoms with Gasteiger partial charge in [-0.15, -0.1) is 0 Å². The van der Waals surface area contributed by atoms with Crippen LogP contribution in [0.3, 0.4) is 0 Å². The number of aromatic nitrogens is 1. The van der Waals surface area contributed by atoms with E-state index in [0.29, 0.717) is 38.2 Å². The maximum atomic E-state index is 13.0. The van der Waals surface area contributed by atoms with Crippen molar-refractivity contribution in [3.63, 3.8) is 0 Å². The van der Waals surface area contributed by atoms with Crippen LogP contribution in [0.15, 0.2) is 77.2 Å². The summed E-state index contributed by atoms with van der Waals surface area (Å²) in [6.07, 6.45) is 7.67. The van der Waals surface area contributed by atoms with Gasteiger partial charge in [0.1, 0.15) is 13.2 Å². The summed E-state index contributed by atoms with van der Waals surface area (Å²) in [5.74, 6) is -0.985. The van der Waals surface area contributed by atoms with Crippen LogP contribution in [0, 0.1) is 0 Å². The molecule has 1 saturated heterocycles. The molecule has 0 bridgehead atoms. The lowest BCUT2D eigenvalue weighted by Crippen LogP contribution is -2.49. The Labute approximate surface area is 220 Å². The summed E-state index contributed by atoms with van der Waals surface area (Å²) in [4.78, 5) is 40.7. The van der Waals surface area contributed by atoms with E-state index in [0.717, 1.165) is 23.9 Å². The number of rotatable bonds is 5. The highest BCUT2D eigenvalue weighted by molar-refractivity contribution is 5.85. The first-order valence-corrected chi connectivity index (χ1v) is 13.0. The molecular formula is C30H29N3O5. The molecule has 6 rings (SSSR count). The van der Waals surface area contributed by atoms with E-state index in [1.165, 1.54) is 33.0 Å². The molecule has 1 aromatic heterocycles. The van der Waals surface area contributed by atoms with Crippen molar-refractivity contribution in [2.75, 3.05) is 37.7 Å².